The number of methoxy groups -OCH3 is 2. The number of carbonyl (C=O) groups is 1. The summed E-state index contributed by atoms with van der Waals surface area (Å²) in [5.74, 6) is 1.38. The molecule has 0 saturated heterocycles. The molecule has 1 N–H and O–H groups in total. The highest BCUT2D eigenvalue weighted by molar-refractivity contribution is 9.10. The molecule has 5 heteroatoms. The molecule has 0 aliphatic carbocycles. The summed E-state index contributed by atoms with van der Waals surface area (Å²) in [6.07, 6.45) is 1.08. The molecular formula is C15H22BrNO3. The van der Waals surface area contributed by atoms with Gasteiger partial charge in [0.2, 0.25) is 5.91 Å². The molecule has 0 spiro atoms. The summed E-state index contributed by atoms with van der Waals surface area (Å²) in [4.78, 5) is 11.8. The largest absolute Gasteiger partial charge is 0.493 e. The maximum Gasteiger partial charge on any atom is 0.220 e. The number of amides is 1. The summed E-state index contributed by atoms with van der Waals surface area (Å²) >= 11 is 3.50. The molecule has 0 radical (unpaired) electrons. The van der Waals surface area contributed by atoms with Crippen LogP contribution in [0.1, 0.15) is 32.8 Å². The van der Waals surface area contributed by atoms with Crippen LogP contribution in [0.25, 0.3) is 0 Å². The van der Waals surface area contributed by atoms with Crippen LogP contribution in [0.3, 0.4) is 0 Å². The lowest BCUT2D eigenvalue weighted by molar-refractivity contribution is -0.122. The molecular weight excluding hydrogens is 322 g/mol. The van der Waals surface area contributed by atoms with Gasteiger partial charge in [-0.15, -0.1) is 0 Å². The van der Waals surface area contributed by atoms with Crippen LogP contribution < -0.4 is 14.8 Å². The molecule has 0 saturated carbocycles. The zero-order chi connectivity index (χ0) is 15.3. The fourth-order valence-corrected chi connectivity index (χ4v) is 2.34. The lowest BCUT2D eigenvalue weighted by Gasteiger charge is -2.20. The lowest BCUT2D eigenvalue weighted by Crippen LogP contribution is -2.40. The number of aryl methyl sites for hydroxylation is 1. The predicted octanol–water partition coefficient (Wildman–Crippen LogP) is 3.31. The summed E-state index contributed by atoms with van der Waals surface area (Å²) in [5, 5.41) is 2.95. The van der Waals surface area contributed by atoms with E-state index >= 15 is 0 Å². The Bertz CT molecular complexity index is 481. The van der Waals surface area contributed by atoms with Crippen LogP contribution in [0, 0.1) is 0 Å². The fraction of sp³-hybridized carbons (Fsp3) is 0.533. The van der Waals surface area contributed by atoms with Crippen LogP contribution in [0.15, 0.2) is 16.6 Å². The summed E-state index contributed by atoms with van der Waals surface area (Å²) in [5.41, 5.74) is 0.818. The molecule has 0 fully saturated rings. The maximum absolute atomic E-state index is 11.8. The van der Waals surface area contributed by atoms with Gasteiger partial charge in [-0.25, -0.2) is 0 Å². The van der Waals surface area contributed by atoms with Crippen molar-refractivity contribution in [2.45, 2.75) is 39.2 Å². The maximum atomic E-state index is 11.8. The van der Waals surface area contributed by atoms with Gasteiger partial charge in [-0.2, -0.15) is 0 Å². The van der Waals surface area contributed by atoms with Crippen molar-refractivity contribution in [2.24, 2.45) is 0 Å². The second-order valence-electron chi connectivity index (χ2n) is 5.60. The van der Waals surface area contributed by atoms with Crippen LogP contribution in [-0.4, -0.2) is 25.7 Å². The molecule has 0 aromatic heterocycles. The number of hydrogen-bond acceptors (Lipinski definition) is 3. The Kier molecular flexibility index (Phi) is 5.87. The van der Waals surface area contributed by atoms with Gasteiger partial charge in [0.15, 0.2) is 11.5 Å². The average molecular weight is 344 g/mol. The van der Waals surface area contributed by atoms with Crippen molar-refractivity contribution in [3.05, 3.63) is 22.2 Å². The van der Waals surface area contributed by atoms with Gasteiger partial charge in [-0.05, 0) is 44.9 Å². The lowest BCUT2D eigenvalue weighted by atomic mass is 10.1. The standard InChI is InChI=1S/C15H22BrNO3/c1-15(2,3)17-14(18)7-6-10-8-12(19-4)13(20-5)9-11(10)16/h8-9H,6-7H2,1-5H3,(H,17,18). The van der Waals surface area contributed by atoms with Gasteiger partial charge >= 0.3 is 0 Å². The molecule has 4 nitrogen and oxygen atoms in total. The van der Waals surface area contributed by atoms with Crippen LogP contribution in [0.4, 0.5) is 0 Å². The highest BCUT2D eigenvalue weighted by Gasteiger charge is 2.15. The molecule has 112 valence electrons. The molecule has 1 aromatic carbocycles. The molecule has 0 bridgehead atoms. The van der Waals surface area contributed by atoms with Crippen LogP contribution in [0.2, 0.25) is 0 Å². The summed E-state index contributed by atoms with van der Waals surface area (Å²) < 4.78 is 11.4. The first-order valence-electron chi connectivity index (χ1n) is 6.48. The van der Waals surface area contributed by atoms with E-state index in [0.29, 0.717) is 24.3 Å². The first-order valence-corrected chi connectivity index (χ1v) is 7.27. The van der Waals surface area contributed by atoms with Gasteiger partial charge < -0.3 is 14.8 Å². The quantitative estimate of drug-likeness (QED) is 0.892. The molecule has 0 unspecified atom stereocenters. The normalized spacial score (nSPS) is 11.1. The number of rotatable bonds is 5. The highest BCUT2D eigenvalue weighted by atomic mass is 79.9. The number of carbonyl (C=O) groups excluding carboxylic acids is 1. The Morgan fingerprint density at radius 1 is 1.20 bits per heavy atom. The Morgan fingerprint density at radius 2 is 1.75 bits per heavy atom. The molecule has 0 aliphatic heterocycles. The van der Waals surface area contributed by atoms with Gasteiger partial charge in [0.05, 0.1) is 14.2 Å². The van der Waals surface area contributed by atoms with Crippen molar-refractivity contribution in [3.8, 4) is 11.5 Å². The second-order valence-corrected chi connectivity index (χ2v) is 6.45. The minimum atomic E-state index is -0.202. The van der Waals surface area contributed by atoms with Crippen molar-refractivity contribution in [1.29, 1.82) is 0 Å². The van der Waals surface area contributed by atoms with E-state index in [9.17, 15) is 4.79 Å². The van der Waals surface area contributed by atoms with Gasteiger partial charge in [0, 0.05) is 16.4 Å². The molecule has 0 aliphatic rings. The number of halogens is 1. The average Bonchev–Trinajstić information content (AvgIpc) is 2.34. The van der Waals surface area contributed by atoms with E-state index in [1.165, 1.54) is 0 Å². The summed E-state index contributed by atoms with van der Waals surface area (Å²) in [6, 6.07) is 3.75. The molecule has 1 amide bonds. The minimum absolute atomic E-state index is 0.0409. The second kappa shape index (κ2) is 6.97. The van der Waals surface area contributed by atoms with Gasteiger partial charge in [-0.1, -0.05) is 15.9 Å². The third-order valence-electron chi connectivity index (χ3n) is 2.69. The SMILES string of the molecule is COc1cc(Br)c(CCC(=O)NC(C)(C)C)cc1OC. The minimum Gasteiger partial charge on any atom is -0.493 e. The van der Waals surface area contributed by atoms with E-state index in [1.807, 2.05) is 32.9 Å². The Hall–Kier alpha value is -1.23. The Balaban J connectivity index is 2.76. The van der Waals surface area contributed by atoms with Crippen molar-refractivity contribution in [1.82, 2.24) is 5.32 Å². The molecule has 20 heavy (non-hydrogen) atoms. The monoisotopic (exact) mass is 343 g/mol. The zero-order valence-electron chi connectivity index (χ0n) is 12.7. The van der Waals surface area contributed by atoms with E-state index in [4.69, 9.17) is 9.47 Å². The molecule has 0 heterocycles. The van der Waals surface area contributed by atoms with Gasteiger partial charge in [0.25, 0.3) is 0 Å². The number of nitrogens with one attached hydrogen (secondary N) is 1. The van der Waals surface area contributed by atoms with Crippen molar-refractivity contribution >= 4 is 21.8 Å². The Labute approximate surface area is 129 Å². The smallest absolute Gasteiger partial charge is 0.220 e. The fourth-order valence-electron chi connectivity index (χ4n) is 1.82. The third-order valence-corrected chi connectivity index (χ3v) is 3.43. The topological polar surface area (TPSA) is 47.6 Å². The van der Waals surface area contributed by atoms with Gasteiger partial charge in [0.1, 0.15) is 0 Å². The first-order chi connectivity index (χ1) is 9.26. The Morgan fingerprint density at radius 3 is 2.25 bits per heavy atom. The molecule has 1 rings (SSSR count). The summed E-state index contributed by atoms with van der Waals surface area (Å²) in [7, 11) is 3.20. The molecule has 0 atom stereocenters. The van der Waals surface area contributed by atoms with E-state index in [2.05, 4.69) is 21.2 Å². The van der Waals surface area contributed by atoms with Crippen LogP contribution >= 0.6 is 15.9 Å². The van der Waals surface area contributed by atoms with Crippen LogP contribution in [0.5, 0.6) is 11.5 Å². The van der Waals surface area contributed by atoms with Crippen molar-refractivity contribution in [2.75, 3.05) is 14.2 Å². The van der Waals surface area contributed by atoms with Crippen LogP contribution in [-0.2, 0) is 11.2 Å². The number of ether oxygens (including phenoxy) is 2. The highest BCUT2D eigenvalue weighted by Crippen LogP contribution is 2.33. The number of benzene rings is 1. The third kappa shape index (κ3) is 5.04. The van der Waals surface area contributed by atoms with Crippen molar-refractivity contribution in [3.63, 3.8) is 0 Å². The zero-order valence-corrected chi connectivity index (χ0v) is 14.3. The summed E-state index contributed by atoms with van der Waals surface area (Å²) in [6.45, 7) is 5.91. The predicted molar refractivity (Wildman–Crippen MR) is 83.5 cm³/mol. The molecule has 1 aromatic rings. The van der Waals surface area contributed by atoms with E-state index in [1.54, 1.807) is 14.2 Å². The van der Waals surface area contributed by atoms with E-state index in [-0.39, 0.29) is 11.4 Å². The van der Waals surface area contributed by atoms with E-state index < -0.39 is 0 Å². The van der Waals surface area contributed by atoms with Crippen molar-refractivity contribution < 1.29 is 14.3 Å². The van der Waals surface area contributed by atoms with E-state index in [0.717, 1.165) is 10.0 Å². The first kappa shape index (κ1) is 16.8. The number of hydrogen-bond donors (Lipinski definition) is 1. The van der Waals surface area contributed by atoms with Gasteiger partial charge in [-0.3, -0.25) is 4.79 Å².